The van der Waals surface area contributed by atoms with Crippen LogP contribution in [0.2, 0.25) is 0 Å². The highest BCUT2D eigenvalue weighted by atomic mass is 16.5. The van der Waals surface area contributed by atoms with Crippen LogP contribution in [0.1, 0.15) is 31.7 Å². The number of rotatable bonds is 8. The number of aliphatic carboxylic acids is 1. The molecule has 1 aliphatic rings. The van der Waals surface area contributed by atoms with Crippen LogP contribution >= 0.6 is 0 Å². The highest BCUT2D eigenvalue weighted by molar-refractivity contribution is 5.81. The van der Waals surface area contributed by atoms with E-state index >= 15 is 0 Å². The minimum atomic E-state index is -0.964. The van der Waals surface area contributed by atoms with Crippen molar-refractivity contribution in [3.8, 4) is 11.8 Å². The topological polar surface area (TPSA) is 99.9 Å². The van der Waals surface area contributed by atoms with Gasteiger partial charge in [-0.1, -0.05) is 12.1 Å². The van der Waals surface area contributed by atoms with Crippen LogP contribution in [0, 0.1) is 11.3 Å². The minimum Gasteiger partial charge on any atom is -0.481 e. The van der Waals surface area contributed by atoms with Crippen molar-refractivity contribution in [3.05, 3.63) is 29.8 Å². The molecule has 1 N–H and O–H groups in total. The molecule has 0 bridgehead atoms. The van der Waals surface area contributed by atoms with Gasteiger partial charge in [0.1, 0.15) is 11.8 Å². The maximum absolute atomic E-state index is 12.7. The summed E-state index contributed by atoms with van der Waals surface area (Å²) in [4.78, 5) is 25.1. The Morgan fingerprint density at radius 3 is 2.88 bits per heavy atom. The second kappa shape index (κ2) is 9.04. The number of carbonyl (C=O) groups excluding carboxylic acids is 1. The first-order valence-electron chi connectivity index (χ1n) is 8.29. The zero-order valence-electron chi connectivity index (χ0n) is 14.2. The van der Waals surface area contributed by atoms with Crippen molar-refractivity contribution in [1.29, 1.82) is 5.26 Å². The average Bonchev–Trinajstić information content (AvgIpc) is 3.11. The van der Waals surface area contributed by atoms with Crippen molar-refractivity contribution in [2.45, 2.75) is 38.4 Å². The molecule has 1 amide bonds. The summed E-state index contributed by atoms with van der Waals surface area (Å²) in [6, 6.07) is 8.70. The third-order valence-electron chi connectivity index (χ3n) is 4.01. The van der Waals surface area contributed by atoms with Gasteiger partial charge >= 0.3 is 5.97 Å². The van der Waals surface area contributed by atoms with Crippen molar-refractivity contribution >= 4 is 11.9 Å². The van der Waals surface area contributed by atoms with Gasteiger partial charge in [0.2, 0.25) is 0 Å². The highest BCUT2D eigenvalue weighted by Crippen LogP contribution is 2.20. The lowest BCUT2D eigenvalue weighted by molar-refractivity contribution is -0.142. The zero-order valence-corrected chi connectivity index (χ0v) is 14.2. The smallest absolute Gasteiger partial charge is 0.305 e. The van der Waals surface area contributed by atoms with Gasteiger partial charge in [-0.25, -0.2) is 0 Å². The molecule has 0 radical (unpaired) electrons. The lowest BCUT2D eigenvalue weighted by atomic mass is 10.2. The summed E-state index contributed by atoms with van der Waals surface area (Å²) in [6.07, 6.45) is 0.748. The third kappa shape index (κ3) is 5.47. The largest absolute Gasteiger partial charge is 0.481 e. The Morgan fingerprint density at radius 2 is 2.24 bits per heavy atom. The van der Waals surface area contributed by atoms with Crippen LogP contribution in [0.5, 0.6) is 5.75 Å². The van der Waals surface area contributed by atoms with E-state index in [0.29, 0.717) is 24.5 Å². The van der Waals surface area contributed by atoms with E-state index < -0.39 is 12.1 Å². The first-order valence-corrected chi connectivity index (χ1v) is 8.29. The number of nitrogens with zero attached hydrogens (tertiary/aromatic N) is 2. The van der Waals surface area contributed by atoms with Crippen LogP contribution in [0.15, 0.2) is 24.3 Å². The molecule has 134 valence electrons. The molecule has 1 aromatic rings. The van der Waals surface area contributed by atoms with E-state index in [0.717, 1.165) is 12.8 Å². The van der Waals surface area contributed by atoms with Gasteiger partial charge in [0.15, 0.2) is 6.10 Å². The number of nitriles is 1. The second-order valence-electron chi connectivity index (χ2n) is 5.93. The molecule has 1 heterocycles. The van der Waals surface area contributed by atoms with E-state index in [9.17, 15) is 9.59 Å². The van der Waals surface area contributed by atoms with Gasteiger partial charge in [-0.2, -0.15) is 5.26 Å². The molecule has 7 heteroatoms. The molecule has 1 aromatic carbocycles. The summed E-state index contributed by atoms with van der Waals surface area (Å²) >= 11 is 0. The van der Waals surface area contributed by atoms with Crippen LogP contribution in [0.25, 0.3) is 0 Å². The summed E-state index contributed by atoms with van der Waals surface area (Å²) < 4.78 is 11.2. The fourth-order valence-corrected chi connectivity index (χ4v) is 2.72. The van der Waals surface area contributed by atoms with Gasteiger partial charge in [0.25, 0.3) is 5.91 Å². The number of ether oxygens (including phenoxy) is 2. The molecule has 0 aliphatic carbocycles. The molecule has 7 nitrogen and oxygen atoms in total. The Bertz CT molecular complexity index is 649. The molecule has 0 saturated carbocycles. The molecule has 25 heavy (non-hydrogen) atoms. The van der Waals surface area contributed by atoms with E-state index in [1.807, 2.05) is 6.07 Å². The fraction of sp³-hybridized carbons (Fsp3) is 0.500. The maximum Gasteiger partial charge on any atom is 0.305 e. The van der Waals surface area contributed by atoms with Crippen molar-refractivity contribution in [1.82, 2.24) is 4.90 Å². The van der Waals surface area contributed by atoms with E-state index in [-0.39, 0.29) is 25.0 Å². The number of benzene rings is 1. The summed E-state index contributed by atoms with van der Waals surface area (Å²) in [5.41, 5.74) is 0.346. The Kier molecular flexibility index (Phi) is 6.78. The first-order chi connectivity index (χ1) is 12.0. The van der Waals surface area contributed by atoms with Crippen LogP contribution in [0.3, 0.4) is 0 Å². The molecular weight excluding hydrogens is 324 g/mol. The predicted octanol–water partition coefficient (Wildman–Crippen LogP) is 1.81. The van der Waals surface area contributed by atoms with E-state index in [1.54, 1.807) is 31.2 Å². The Morgan fingerprint density at radius 1 is 1.48 bits per heavy atom. The quantitative estimate of drug-likeness (QED) is 0.770. The molecule has 1 saturated heterocycles. The third-order valence-corrected chi connectivity index (χ3v) is 4.01. The minimum absolute atomic E-state index is 0.0728. The highest BCUT2D eigenvalue weighted by Gasteiger charge is 2.27. The van der Waals surface area contributed by atoms with Gasteiger partial charge < -0.3 is 19.5 Å². The molecule has 1 fully saturated rings. The van der Waals surface area contributed by atoms with E-state index in [1.165, 1.54) is 4.90 Å². The second-order valence-corrected chi connectivity index (χ2v) is 5.93. The molecule has 2 rings (SSSR count). The number of amides is 1. The van der Waals surface area contributed by atoms with Crippen LogP contribution < -0.4 is 4.74 Å². The van der Waals surface area contributed by atoms with Gasteiger partial charge in [0, 0.05) is 19.7 Å². The lowest BCUT2D eigenvalue weighted by Gasteiger charge is -2.28. The molecule has 1 aliphatic heterocycles. The normalized spacial score (nSPS) is 17.5. The van der Waals surface area contributed by atoms with Crippen molar-refractivity contribution in [3.63, 3.8) is 0 Å². The molecule has 2 unspecified atom stereocenters. The number of para-hydroxylation sites is 1. The monoisotopic (exact) mass is 346 g/mol. The lowest BCUT2D eigenvalue weighted by Crippen LogP contribution is -2.45. The number of carbonyl (C=O) groups is 2. The summed E-state index contributed by atoms with van der Waals surface area (Å²) in [7, 11) is 0. The Balaban J connectivity index is 2.04. The van der Waals surface area contributed by atoms with Crippen molar-refractivity contribution in [2.24, 2.45) is 0 Å². The predicted molar refractivity (Wildman–Crippen MR) is 89.1 cm³/mol. The number of carboxylic acids is 1. The average molecular weight is 346 g/mol. The Hall–Kier alpha value is -2.59. The molecule has 0 aromatic heterocycles. The summed E-state index contributed by atoms with van der Waals surface area (Å²) in [6.45, 7) is 2.70. The van der Waals surface area contributed by atoms with Gasteiger partial charge in [-0.05, 0) is 31.9 Å². The van der Waals surface area contributed by atoms with Crippen molar-refractivity contribution < 1.29 is 24.2 Å². The number of carboxylic acid groups (broad SMARTS) is 1. The first kappa shape index (κ1) is 18.7. The maximum atomic E-state index is 12.7. The molecule has 2 atom stereocenters. The van der Waals surface area contributed by atoms with Crippen LogP contribution in [-0.4, -0.2) is 53.8 Å². The van der Waals surface area contributed by atoms with Crippen molar-refractivity contribution in [2.75, 3.05) is 19.7 Å². The van der Waals surface area contributed by atoms with E-state index in [4.69, 9.17) is 19.8 Å². The standard InChI is InChI=1S/C18H22N2O5/c1-13(25-16-7-3-2-5-14(16)11-19)18(23)20(9-8-17(21)22)12-15-6-4-10-24-15/h2-3,5,7,13,15H,4,6,8-10,12H2,1H3,(H,21,22). The Labute approximate surface area is 146 Å². The zero-order chi connectivity index (χ0) is 18.2. The van der Waals surface area contributed by atoms with E-state index in [2.05, 4.69) is 0 Å². The van der Waals surface area contributed by atoms with Crippen LogP contribution in [0.4, 0.5) is 0 Å². The van der Waals surface area contributed by atoms with Gasteiger partial charge in [0.05, 0.1) is 18.1 Å². The molecule has 0 spiro atoms. The SMILES string of the molecule is CC(Oc1ccccc1C#N)C(=O)N(CCC(=O)O)CC1CCCO1. The van der Waals surface area contributed by atoms with Crippen LogP contribution in [-0.2, 0) is 14.3 Å². The van der Waals surface area contributed by atoms with Gasteiger partial charge in [-0.3, -0.25) is 9.59 Å². The summed E-state index contributed by atoms with van der Waals surface area (Å²) in [5, 5.41) is 18.0. The fourth-order valence-electron chi connectivity index (χ4n) is 2.72. The number of hydrogen-bond acceptors (Lipinski definition) is 5. The molecular formula is C18H22N2O5. The number of hydrogen-bond donors (Lipinski definition) is 1. The van der Waals surface area contributed by atoms with Gasteiger partial charge in [-0.15, -0.1) is 0 Å². The summed E-state index contributed by atoms with van der Waals surface area (Å²) in [5.74, 6) is -0.945.